The van der Waals surface area contributed by atoms with E-state index >= 15 is 0 Å². The molecule has 1 aromatic rings. The van der Waals surface area contributed by atoms with Crippen molar-refractivity contribution >= 4 is 25.8 Å². The van der Waals surface area contributed by atoms with E-state index in [1.807, 2.05) is 12.1 Å². The molecule has 0 amide bonds. The molecule has 0 aromatic heterocycles. The van der Waals surface area contributed by atoms with E-state index in [1.54, 1.807) is 6.07 Å². The molecule has 110 valence electrons. The summed E-state index contributed by atoms with van der Waals surface area (Å²) in [5.74, 6) is 0. The lowest BCUT2D eigenvalue weighted by atomic mass is 9.77. The van der Waals surface area contributed by atoms with Crippen molar-refractivity contribution in [3.63, 3.8) is 0 Å². The highest BCUT2D eigenvalue weighted by molar-refractivity contribution is 9.10. The van der Waals surface area contributed by atoms with E-state index in [1.165, 1.54) is 6.42 Å². The smallest absolute Gasteiger partial charge is 0.182 e. The molecule has 0 spiro atoms. The Kier molecular flexibility index (Phi) is 3.72. The molecule has 2 fully saturated rings. The minimum Gasteiger partial charge on any atom is -0.321 e. The molecule has 0 heterocycles. The fraction of sp³-hybridized carbons (Fsp3) is 0.600. The van der Waals surface area contributed by atoms with E-state index in [2.05, 4.69) is 15.9 Å². The van der Waals surface area contributed by atoms with Gasteiger partial charge in [-0.1, -0.05) is 25.3 Å². The lowest BCUT2D eigenvalue weighted by Crippen LogP contribution is -2.38. The minimum absolute atomic E-state index is 0.175. The molecule has 0 radical (unpaired) electrons. The lowest BCUT2D eigenvalue weighted by molar-refractivity contribution is 0.302. The van der Waals surface area contributed by atoms with E-state index in [0.29, 0.717) is 9.37 Å². The van der Waals surface area contributed by atoms with Gasteiger partial charge in [-0.25, -0.2) is 8.42 Å². The summed E-state index contributed by atoms with van der Waals surface area (Å²) in [4.78, 5) is 0.420. The van der Waals surface area contributed by atoms with E-state index in [-0.39, 0.29) is 10.8 Å². The van der Waals surface area contributed by atoms with Crippen LogP contribution in [0.25, 0.3) is 0 Å². The van der Waals surface area contributed by atoms with Crippen molar-refractivity contribution in [1.82, 2.24) is 0 Å². The summed E-state index contributed by atoms with van der Waals surface area (Å²) in [5.41, 5.74) is 7.28. The Morgan fingerprint density at radius 3 is 2.35 bits per heavy atom. The largest absolute Gasteiger partial charge is 0.321 e. The molecule has 0 aliphatic heterocycles. The summed E-state index contributed by atoms with van der Waals surface area (Å²) in [6, 6.07) is 5.56. The molecule has 0 saturated heterocycles. The Morgan fingerprint density at radius 1 is 1.15 bits per heavy atom. The fourth-order valence-electron chi connectivity index (χ4n) is 3.07. The Hall–Kier alpha value is -0.390. The predicted octanol–water partition coefficient (Wildman–Crippen LogP) is 3.50. The monoisotopic (exact) mass is 357 g/mol. The van der Waals surface area contributed by atoms with Crippen molar-refractivity contribution in [2.45, 2.75) is 60.6 Å². The summed E-state index contributed by atoms with van der Waals surface area (Å²) in [6.07, 6.45) is 7.08. The van der Waals surface area contributed by atoms with Crippen LogP contribution < -0.4 is 5.73 Å². The minimum atomic E-state index is -3.15. The van der Waals surface area contributed by atoms with Crippen LogP contribution >= 0.6 is 15.9 Å². The van der Waals surface area contributed by atoms with Crippen LogP contribution in [0, 0.1) is 0 Å². The molecule has 2 N–H and O–H groups in total. The molecular weight excluding hydrogens is 338 g/mol. The molecule has 1 aromatic carbocycles. The first-order chi connectivity index (χ1) is 9.43. The van der Waals surface area contributed by atoms with Crippen molar-refractivity contribution in [3.8, 4) is 0 Å². The molecule has 2 aliphatic carbocycles. The SMILES string of the molecule is NC1(c2ccc(S(=O)(=O)C3CC3)c(Br)c2)CCCCC1. The highest BCUT2D eigenvalue weighted by Crippen LogP contribution is 2.40. The van der Waals surface area contributed by atoms with E-state index < -0.39 is 9.84 Å². The fourth-order valence-corrected chi connectivity index (χ4v) is 5.83. The summed E-state index contributed by atoms with van der Waals surface area (Å²) in [6.45, 7) is 0. The molecule has 3 nitrogen and oxygen atoms in total. The second kappa shape index (κ2) is 5.11. The molecule has 0 bridgehead atoms. The van der Waals surface area contributed by atoms with Crippen LogP contribution in [0.4, 0.5) is 0 Å². The van der Waals surface area contributed by atoms with Crippen LogP contribution in [-0.4, -0.2) is 13.7 Å². The van der Waals surface area contributed by atoms with Crippen molar-refractivity contribution in [1.29, 1.82) is 0 Å². The number of benzene rings is 1. The average Bonchev–Trinajstić information content (AvgIpc) is 3.23. The Morgan fingerprint density at radius 2 is 1.80 bits per heavy atom. The molecule has 0 unspecified atom stereocenters. The molecule has 5 heteroatoms. The van der Waals surface area contributed by atoms with Crippen molar-refractivity contribution < 1.29 is 8.42 Å². The van der Waals surface area contributed by atoms with Gasteiger partial charge in [-0.15, -0.1) is 0 Å². The number of sulfone groups is 1. The zero-order chi connectivity index (χ0) is 14.4. The maximum atomic E-state index is 12.3. The Bertz CT molecular complexity index is 617. The van der Waals surface area contributed by atoms with Gasteiger partial charge in [0.25, 0.3) is 0 Å². The lowest BCUT2D eigenvalue weighted by Gasteiger charge is -2.34. The van der Waals surface area contributed by atoms with E-state index in [9.17, 15) is 8.42 Å². The second-order valence-electron chi connectivity index (χ2n) is 6.11. The van der Waals surface area contributed by atoms with Gasteiger partial charge in [0.05, 0.1) is 10.1 Å². The van der Waals surface area contributed by atoms with Crippen LogP contribution in [0.2, 0.25) is 0 Å². The number of hydrogen-bond acceptors (Lipinski definition) is 3. The van der Waals surface area contributed by atoms with Gasteiger partial charge in [0.15, 0.2) is 9.84 Å². The van der Waals surface area contributed by atoms with Crippen LogP contribution in [-0.2, 0) is 15.4 Å². The summed E-state index contributed by atoms with van der Waals surface area (Å²) < 4.78 is 25.3. The van der Waals surface area contributed by atoms with Gasteiger partial charge in [-0.2, -0.15) is 0 Å². The molecule has 3 rings (SSSR count). The normalized spacial score (nSPS) is 22.7. The summed E-state index contributed by atoms with van der Waals surface area (Å²) in [5, 5.41) is -0.175. The van der Waals surface area contributed by atoms with Gasteiger partial charge in [0, 0.05) is 10.0 Å². The van der Waals surface area contributed by atoms with Crippen LogP contribution in [0.5, 0.6) is 0 Å². The van der Waals surface area contributed by atoms with Gasteiger partial charge >= 0.3 is 0 Å². The average molecular weight is 358 g/mol. The predicted molar refractivity (Wildman–Crippen MR) is 83.3 cm³/mol. The standard InChI is InChI=1S/C15H20BrNO2S/c16-13-10-11(15(17)8-2-1-3-9-15)4-7-14(13)20(18,19)12-5-6-12/h4,7,10,12H,1-3,5-6,8-9,17H2. The Labute approximate surface area is 129 Å². The third-order valence-electron chi connectivity index (χ3n) is 4.52. The third-order valence-corrected chi connectivity index (χ3v) is 7.76. The Balaban J connectivity index is 1.95. The number of nitrogens with two attached hydrogens (primary N) is 1. The number of halogens is 1. The van der Waals surface area contributed by atoms with Crippen LogP contribution in [0.1, 0.15) is 50.5 Å². The zero-order valence-electron chi connectivity index (χ0n) is 11.4. The molecule has 2 saturated carbocycles. The molecule has 0 atom stereocenters. The maximum absolute atomic E-state index is 12.3. The molecular formula is C15H20BrNO2S. The first kappa shape index (κ1) is 14.5. The van der Waals surface area contributed by atoms with Crippen molar-refractivity contribution in [3.05, 3.63) is 28.2 Å². The summed E-state index contributed by atoms with van der Waals surface area (Å²) >= 11 is 3.44. The highest BCUT2D eigenvalue weighted by atomic mass is 79.9. The molecule has 2 aliphatic rings. The van der Waals surface area contributed by atoms with Gasteiger partial charge in [-0.3, -0.25) is 0 Å². The summed E-state index contributed by atoms with van der Waals surface area (Å²) in [7, 11) is -3.15. The van der Waals surface area contributed by atoms with Gasteiger partial charge in [0.1, 0.15) is 0 Å². The van der Waals surface area contributed by atoms with Crippen molar-refractivity contribution in [2.75, 3.05) is 0 Å². The second-order valence-corrected chi connectivity index (χ2v) is 9.16. The number of rotatable bonds is 3. The number of hydrogen-bond donors (Lipinski definition) is 1. The highest BCUT2D eigenvalue weighted by Gasteiger charge is 2.38. The van der Waals surface area contributed by atoms with Crippen LogP contribution in [0.3, 0.4) is 0 Å². The van der Waals surface area contributed by atoms with E-state index in [0.717, 1.165) is 44.1 Å². The van der Waals surface area contributed by atoms with Gasteiger partial charge < -0.3 is 5.73 Å². The molecule has 20 heavy (non-hydrogen) atoms. The first-order valence-corrected chi connectivity index (χ1v) is 9.60. The van der Waals surface area contributed by atoms with Crippen molar-refractivity contribution in [2.24, 2.45) is 5.73 Å². The quantitative estimate of drug-likeness (QED) is 0.900. The third kappa shape index (κ3) is 2.55. The maximum Gasteiger partial charge on any atom is 0.182 e. The van der Waals surface area contributed by atoms with Crippen LogP contribution in [0.15, 0.2) is 27.6 Å². The van der Waals surface area contributed by atoms with E-state index in [4.69, 9.17) is 5.73 Å². The van der Waals surface area contributed by atoms with Gasteiger partial charge in [-0.05, 0) is 59.3 Å². The first-order valence-electron chi connectivity index (χ1n) is 7.26. The topological polar surface area (TPSA) is 60.2 Å². The zero-order valence-corrected chi connectivity index (χ0v) is 13.8. The van der Waals surface area contributed by atoms with Gasteiger partial charge in [0.2, 0.25) is 0 Å².